The molecule has 0 N–H and O–H groups in total. The third-order valence-electron chi connectivity index (χ3n) is 5.64. The van der Waals surface area contributed by atoms with Crippen molar-refractivity contribution in [1.29, 1.82) is 0 Å². The molecule has 0 spiro atoms. The summed E-state index contributed by atoms with van der Waals surface area (Å²) in [5.74, 6) is -0.0982. The highest BCUT2D eigenvalue weighted by Gasteiger charge is 2.14. The topological polar surface area (TPSA) is 22.1 Å². The van der Waals surface area contributed by atoms with E-state index in [-0.39, 0.29) is 16.3 Å². The van der Waals surface area contributed by atoms with Gasteiger partial charge in [-0.1, -0.05) is 31.3 Å². The number of benzene rings is 3. The van der Waals surface area contributed by atoms with Crippen LogP contribution in [0.4, 0.5) is 22.0 Å². The number of ether oxygens (including phenoxy) is 1. The first kappa shape index (κ1) is 25.2. The summed E-state index contributed by atoms with van der Waals surface area (Å²) >= 11 is 0. The van der Waals surface area contributed by atoms with Crippen LogP contribution in [0.3, 0.4) is 0 Å². The second-order valence-electron chi connectivity index (χ2n) is 8.29. The Labute approximate surface area is 205 Å². The van der Waals surface area contributed by atoms with E-state index >= 15 is 0 Å². The van der Waals surface area contributed by atoms with Gasteiger partial charge in [0.2, 0.25) is 0 Å². The van der Waals surface area contributed by atoms with Crippen molar-refractivity contribution in [2.45, 2.75) is 32.6 Å². The van der Waals surface area contributed by atoms with Crippen molar-refractivity contribution in [3.8, 4) is 17.6 Å². The molecule has 1 aromatic heterocycles. The number of hydrogen-bond donors (Lipinski definition) is 0. The molecular formula is C29H22F5NO. The molecule has 0 bridgehead atoms. The van der Waals surface area contributed by atoms with Gasteiger partial charge in [-0.25, -0.2) is 22.0 Å². The number of rotatable bonds is 7. The molecule has 0 aliphatic heterocycles. The van der Waals surface area contributed by atoms with Gasteiger partial charge >= 0.3 is 0 Å². The largest absolute Gasteiger partial charge is 0.492 e. The second kappa shape index (κ2) is 11.2. The van der Waals surface area contributed by atoms with Crippen LogP contribution in [0.25, 0.3) is 10.8 Å². The average Bonchev–Trinajstić information content (AvgIpc) is 2.86. The Morgan fingerprint density at radius 1 is 0.806 bits per heavy atom. The van der Waals surface area contributed by atoms with E-state index in [0.29, 0.717) is 30.8 Å². The van der Waals surface area contributed by atoms with Gasteiger partial charge < -0.3 is 4.74 Å². The molecule has 0 aliphatic carbocycles. The molecule has 1 heterocycles. The normalized spacial score (nSPS) is 10.8. The van der Waals surface area contributed by atoms with E-state index < -0.39 is 34.6 Å². The number of pyridine rings is 1. The lowest BCUT2D eigenvalue weighted by atomic mass is 10.0. The Balaban J connectivity index is 1.46. The summed E-state index contributed by atoms with van der Waals surface area (Å²) in [6.45, 7) is 2.71. The average molecular weight is 495 g/mol. The first-order valence-corrected chi connectivity index (χ1v) is 11.5. The van der Waals surface area contributed by atoms with Crippen LogP contribution in [0.2, 0.25) is 0 Å². The SMILES string of the molecule is CCCCOc1ccc(CCc2cc(F)c(C#Cc3ccc4c(F)c(F)c(F)cc4c3)c(F)c2)nc1. The molecule has 0 saturated carbocycles. The van der Waals surface area contributed by atoms with Crippen molar-refractivity contribution >= 4 is 10.8 Å². The smallest absolute Gasteiger partial charge is 0.195 e. The van der Waals surface area contributed by atoms with Crippen molar-refractivity contribution < 1.29 is 26.7 Å². The molecule has 184 valence electrons. The fourth-order valence-electron chi connectivity index (χ4n) is 3.66. The molecule has 0 amide bonds. The molecular weight excluding hydrogens is 473 g/mol. The summed E-state index contributed by atoms with van der Waals surface area (Å²) in [7, 11) is 0. The highest BCUT2D eigenvalue weighted by atomic mass is 19.2. The molecule has 0 unspecified atom stereocenters. The maximum atomic E-state index is 14.6. The van der Waals surface area contributed by atoms with Crippen LogP contribution in [-0.4, -0.2) is 11.6 Å². The summed E-state index contributed by atoms with van der Waals surface area (Å²) in [5.41, 5.74) is 1.08. The third-order valence-corrected chi connectivity index (χ3v) is 5.64. The van der Waals surface area contributed by atoms with Gasteiger partial charge in [-0.15, -0.1) is 0 Å². The van der Waals surface area contributed by atoms with Crippen molar-refractivity contribution in [2.75, 3.05) is 6.61 Å². The lowest BCUT2D eigenvalue weighted by molar-refractivity contribution is 0.308. The van der Waals surface area contributed by atoms with Crippen LogP contribution >= 0.6 is 0 Å². The van der Waals surface area contributed by atoms with Gasteiger partial charge in [0.1, 0.15) is 17.4 Å². The minimum Gasteiger partial charge on any atom is -0.492 e. The molecule has 0 fully saturated rings. The van der Waals surface area contributed by atoms with Gasteiger partial charge in [0.25, 0.3) is 0 Å². The molecule has 0 saturated heterocycles. The van der Waals surface area contributed by atoms with Crippen LogP contribution in [0.1, 0.15) is 42.1 Å². The van der Waals surface area contributed by atoms with E-state index in [1.165, 1.54) is 30.3 Å². The fourth-order valence-corrected chi connectivity index (χ4v) is 3.66. The highest BCUT2D eigenvalue weighted by Crippen LogP contribution is 2.24. The van der Waals surface area contributed by atoms with Gasteiger partial charge in [-0.3, -0.25) is 4.98 Å². The zero-order valence-electron chi connectivity index (χ0n) is 19.5. The minimum absolute atomic E-state index is 0.0867. The van der Waals surface area contributed by atoms with Gasteiger partial charge in [0.15, 0.2) is 17.5 Å². The van der Waals surface area contributed by atoms with Gasteiger partial charge in [0.05, 0.1) is 18.4 Å². The van der Waals surface area contributed by atoms with Crippen LogP contribution in [0, 0.1) is 40.9 Å². The number of nitrogens with zero attached hydrogens (tertiary/aromatic N) is 1. The Bertz CT molecular complexity index is 1430. The predicted molar refractivity (Wildman–Crippen MR) is 128 cm³/mol. The number of fused-ring (bicyclic) bond motifs is 1. The molecule has 4 aromatic rings. The van der Waals surface area contributed by atoms with Gasteiger partial charge in [-0.2, -0.15) is 0 Å². The number of halogens is 5. The Kier molecular flexibility index (Phi) is 7.84. The molecule has 0 atom stereocenters. The second-order valence-corrected chi connectivity index (χ2v) is 8.29. The zero-order valence-corrected chi connectivity index (χ0v) is 19.5. The predicted octanol–water partition coefficient (Wildman–Crippen LogP) is 7.29. The summed E-state index contributed by atoms with van der Waals surface area (Å²) in [6.07, 6.45) is 4.50. The van der Waals surface area contributed by atoms with Crippen LogP contribution in [0.15, 0.2) is 54.7 Å². The Morgan fingerprint density at radius 2 is 1.58 bits per heavy atom. The first-order chi connectivity index (χ1) is 17.4. The molecule has 2 nitrogen and oxygen atoms in total. The van der Waals surface area contributed by atoms with E-state index in [0.717, 1.165) is 24.6 Å². The first-order valence-electron chi connectivity index (χ1n) is 11.5. The fraction of sp³-hybridized carbons (Fsp3) is 0.207. The number of aryl methyl sites for hydroxylation is 2. The molecule has 0 radical (unpaired) electrons. The van der Waals surface area contributed by atoms with E-state index in [9.17, 15) is 22.0 Å². The Morgan fingerprint density at radius 3 is 2.28 bits per heavy atom. The minimum atomic E-state index is -1.56. The zero-order chi connectivity index (χ0) is 25.7. The number of hydrogen-bond acceptors (Lipinski definition) is 2. The van der Waals surface area contributed by atoms with Crippen LogP contribution in [0.5, 0.6) is 5.75 Å². The van der Waals surface area contributed by atoms with Crippen molar-refractivity contribution in [3.63, 3.8) is 0 Å². The van der Waals surface area contributed by atoms with Crippen molar-refractivity contribution in [3.05, 3.63) is 106 Å². The molecule has 4 rings (SSSR count). The lowest BCUT2D eigenvalue weighted by Gasteiger charge is -2.07. The van der Waals surface area contributed by atoms with Gasteiger partial charge in [-0.05, 0) is 72.7 Å². The standard InChI is InChI=1S/C29H22F5NO/c1-2-3-12-36-22-9-8-21(35-17-22)7-4-19-14-25(30)24(26(31)15-19)11-6-18-5-10-23-20(13-18)16-27(32)29(34)28(23)33/h5,8-10,13-17H,2-4,7,12H2,1H3. The highest BCUT2D eigenvalue weighted by molar-refractivity contribution is 5.84. The van der Waals surface area contributed by atoms with E-state index in [1.807, 2.05) is 12.1 Å². The van der Waals surface area contributed by atoms with E-state index in [4.69, 9.17) is 4.74 Å². The van der Waals surface area contributed by atoms with Crippen LogP contribution in [-0.2, 0) is 12.8 Å². The summed E-state index contributed by atoms with van der Waals surface area (Å²) in [5, 5.41) is -0.0297. The van der Waals surface area contributed by atoms with E-state index in [1.54, 1.807) is 6.20 Å². The summed E-state index contributed by atoms with van der Waals surface area (Å²) in [6, 6.07) is 10.9. The summed E-state index contributed by atoms with van der Waals surface area (Å²) in [4.78, 5) is 4.33. The third kappa shape index (κ3) is 5.83. The summed E-state index contributed by atoms with van der Waals surface area (Å²) < 4.78 is 75.6. The Hall–Kier alpha value is -3.92. The van der Waals surface area contributed by atoms with Crippen LogP contribution < -0.4 is 4.74 Å². The number of aromatic nitrogens is 1. The maximum Gasteiger partial charge on any atom is 0.195 e. The van der Waals surface area contributed by atoms with Crippen molar-refractivity contribution in [2.24, 2.45) is 0 Å². The van der Waals surface area contributed by atoms with Gasteiger partial charge in [0, 0.05) is 16.6 Å². The quantitative estimate of drug-likeness (QED) is 0.116. The molecule has 7 heteroatoms. The van der Waals surface area contributed by atoms with Crippen molar-refractivity contribution in [1.82, 2.24) is 4.98 Å². The molecule has 0 aliphatic rings. The number of unbranched alkanes of at least 4 members (excludes halogenated alkanes) is 1. The van der Waals surface area contributed by atoms with E-state index in [2.05, 4.69) is 23.7 Å². The lowest BCUT2D eigenvalue weighted by Crippen LogP contribution is -2.00. The molecule has 3 aromatic carbocycles. The monoisotopic (exact) mass is 495 g/mol. The maximum absolute atomic E-state index is 14.6. The molecule has 36 heavy (non-hydrogen) atoms.